The highest BCUT2D eigenvalue weighted by molar-refractivity contribution is 9.10. The van der Waals surface area contributed by atoms with E-state index in [0.29, 0.717) is 4.47 Å². The molecule has 4 nitrogen and oxygen atoms in total. The smallest absolute Gasteiger partial charge is 0.330 e. The lowest BCUT2D eigenvalue weighted by molar-refractivity contribution is -0.146. The van der Waals surface area contributed by atoms with Gasteiger partial charge in [0.1, 0.15) is 11.4 Å². The summed E-state index contributed by atoms with van der Waals surface area (Å²) in [7, 11) is 1.24. The van der Waals surface area contributed by atoms with Crippen LogP contribution in [0.2, 0.25) is 0 Å². The van der Waals surface area contributed by atoms with Gasteiger partial charge in [-0.15, -0.1) is 0 Å². The number of methoxy groups -OCH3 is 1. The maximum absolute atomic E-state index is 12.9. The van der Waals surface area contributed by atoms with Crippen molar-refractivity contribution in [3.8, 4) is 0 Å². The SMILES string of the molecule is COC(=O)C(C)(C)NC(=O)c1ccc(F)cc1Br. The van der Waals surface area contributed by atoms with Gasteiger partial charge in [-0.3, -0.25) is 4.79 Å². The Morgan fingerprint density at radius 3 is 2.50 bits per heavy atom. The monoisotopic (exact) mass is 317 g/mol. The topological polar surface area (TPSA) is 55.4 Å². The van der Waals surface area contributed by atoms with Crippen LogP contribution in [0.1, 0.15) is 24.2 Å². The van der Waals surface area contributed by atoms with Gasteiger partial charge in [0.2, 0.25) is 0 Å². The highest BCUT2D eigenvalue weighted by atomic mass is 79.9. The molecule has 0 radical (unpaired) electrons. The predicted octanol–water partition coefficient (Wildman–Crippen LogP) is 2.27. The zero-order valence-electron chi connectivity index (χ0n) is 10.2. The van der Waals surface area contributed by atoms with Crippen molar-refractivity contribution in [1.29, 1.82) is 0 Å². The maximum Gasteiger partial charge on any atom is 0.330 e. The van der Waals surface area contributed by atoms with Crippen LogP contribution in [0.3, 0.4) is 0 Å². The first-order valence-electron chi connectivity index (χ1n) is 5.14. The molecule has 0 fully saturated rings. The van der Waals surface area contributed by atoms with Gasteiger partial charge in [0.25, 0.3) is 5.91 Å². The minimum Gasteiger partial charge on any atom is -0.467 e. The summed E-state index contributed by atoms with van der Waals surface area (Å²) in [4.78, 5) is 23.4. The molecule has 1 N–H and O–H groups in total. The van der Waals surface area contributed by atoms with Crippen molar-refractivity contribution in [2.45, 2.75) is 19.4 Å². The number of nitrogens with one attached hydrogen (secondary N) is 1. The highest BCUT2D eigenvalue weighted by Crippen LogP contribution is 2.19. The van der Waals surface area contributed by atoms with Gasteiger partial charge >= 0.3 is 5.97 Å². The number of halogens is 2. The van der Waals surface area contributed by atoms with E-state index in [1.807, 2.05) is 0 Å². The molecule has 1 amide bonds. The van der Waals surface area contributed by atoms with Crippen molar-refractivity contribution in [2.24, 2.45) is 0 Å². The van der Waals surface area contributed by atoms with Crippen molar-refractivity contribution in [2.75, 3.05) is 7.11 Å². The molecule has 0 bridgehead atoms. The average molecular weight is 318 g/mol. The molecule has 0 aliphatic carbocycles. The minimum atomic E-state index is -1.15. The molecule has 0 aliphatic rings. The summed E-state index contributed by atoms with van der Waals surface area (Å²) in [5.74, 6) is -1.50. The van der Waals surface area contributed by atoms with Crippen LogP contribution in [-0.2, 0) is 9.53 Å². The Hall–Kier alpha value is -1.43. The van der Waals surface area contributed by atoms with E-state index in [1.165, 1.54) is 39.2 Å². The molecule has 98 valence electrons. The number of amides is 1. The van der Waals surface area contributed by atoms with Gasteiger partial charge in [-0.2, -0.15) is 0 Å². The van der Waals surface area contributed by atoms with Crippen molar-refractivity contribution in [3.05, 3.63) is 34.1 Å². The molecule has 6 heteroatoms. The zero-order valence-corrected chi connectivity index (χ0v) is 11.8. The number of hydrogen-bond donors (Lipinski definition) is 1. The average Bonchev–Trinajstić information content (AvgIpc) is 2.26. The van der Waals surface area contributed by atoms with E-state index < -0.39 is 23.2 Å². The van der Waals surface area contributed by atoms with Crippen LogP contribution in [0, 0.1) is 5.82 Å². The van der Waals surface area contributed by atoms with E-state index in [4.69, 9.17) is 0 Å². The molecular formula is C12H13BrFNO3. The second-order valence-electron chi connectivity index (χ2n) is 4.19. The summed E-state index contributed by atoms with van der Waals surface area (Å²) in [5, 5.41) is 2.52. The van der Waals surface area contributed by atoms with E-state index >= 15 is 0 Å². The predicted molar refractivity (Wildman–Crippen MR) is 67.7 cm³/mol. The Bertz CT molecular complexity index is 488. The molecule has 0 aliphatic heterocycles. The molecule has 18 heavy (non-hydrogen) atoms. The van der Waals surface area contributed by atoms with Crippen LogP contribution in [0.4, 0.5) is 4.39 Å². The van der Waals surface area contributed by atoms with Gasteiger partial charge in [0, 0.05) is 4.47 Å². The molecule has 0 saturated carbocycles. The lowest BCUT2D eigenvalue weighted by Gasteiger charge is -2.23. The van der Waals surface area contributed by atoms with Gasteiger partial charge in [-0.25, -0.2) is 9.18 Å². The Labute approximate surface area is 113 Å². The minimum absolute atomic E-state index is 0.244. The highest BCUT2D eigenvalue weighted by Gasteiger charge is 2.31. The summed E-state index contributed by atoms with van der Waals surface area (Å²) in [6, 6.07) is 3.69. The normalized spacial score (nSPS) is 10.9. The summed E-state index contributed by atoms with van der Waals surface area (Å²) in [6.45, 7) is 3.04. The van der Waals surface area contributed by atoms with Crippen molar-refractivity contribution in [3.63, 3.8) is 0 Å². The molecule has 1 aromatic carbocycles. The summed E-state index contributed by atoms with van der Waals surface area (Å²) in [6.07, 6.45) is 0. The van der Waals surface area contributed by atoms with Crippen molar-refractivity contribution in [1.82, 2.24) is 5.32 Å². The van der Waals surface area contributed by atoms with Gasteiger partial charge in [0.05, 0.1) is 12.7 Å². The van der Waals surface area contributed by atoms with Gasteiger partial charge < -0.3 is 10.1 Å². The second kappa shape index (κ2) is 5.48. The first-order valence-corrected chi connectivity index (χ1v) is 5.93. The zero-order chi connectivity index (χ0) is 13.9. The molecule has 1 rings (SSSR count). The van der Waals surface area contributed by atoms with Crippen LogP contribution < -0.4 is 5.32 Å². The molecule has 1 aromatic rings. The maximum atomic E-state index is 12.9. The van der Waals surface area contributed by atoms with Crippen molar-refractivity contribution < 1.29 is 18.7 Å². The summed E-state index contributed by atoms with van der Waals surface area (Å²) < 4.78 is 17.8. The number of hydrogen-bond acceptors (Lipinski definition) is 3. The van der Waals surface area contributed by atoms with E-state index in [1.54, 1.807) is 0 Å². The number of ether oxygens (including phenoxy) is 1. The van der Waals surface area contributed by atoms with Crippen LogP contribution in [0.15, 0.2) is 22.7 Å². The first kappa shape index (κ1) is 14.6. The quantitative estimate of drug-likeness (QED) is 0.870. The van der Waals surface area contributed by atoms with Crippen LogP contribution in [-0.4, -0.2) is 24.5 Å². The fraction of sp³-hybridized carbons (Fsp3) is 0.333. The third-order valence-electron chi connectivity index (χ3n) is 2.30. The largest absolute Gasteiger partial charge is 0.467 e. The molecule has 0 aromatic heterocycles. The molecule has 0 heterocycles. The number of benzene rings is 1. The number of esters is 1. The first-order chi connectivity index (χ1) is 8.27. The Morgan fingerprint density at radius 1 is 1.39 bits per heavy atom. The van der Waals surface area contributed by atoms with Crippen LogP contribution in [0.5, 0.6) is 0 Å². The van der Waals surface area contributed by atoms with Gasteiger partial charge in [0.15, 0.2) is 0 Å². The molecule has 0 spiro atoms. The van der Waals surface area contributed by atoms with Crippen LogP contribution >= 0.6 is 15.9 Å². The summed E-state index contributed by atoms with van der Waals surface area (Å²) >= 11 is 3.09. The number of carbonyl (C=O) groups is 2. The van der Waals surface area contributed by atoms with Crippen LogP contribution in [0.25, 0.3) is 0 Å². The van der Waals surface area contributed by atoms with E-state index in [9.17, 15) is 14.0 Å². The van der Waals surface area contributed by atoms with Gasteiger partial charge in [-0.1, -0.05) is 0 Å². The fourth-order valence-electron chi connectivity index (χ4n) is 1.33. The Balaban J connectivity index is 2.92. The van der Waals surface area contributed by atoms with E-state index in [2.05, 4.69) is 26.0 Å². The lowest BCUT2D eigenvalue weighted by Crippen LogP contribution is -2.50. The fourth-order valence-corrected chi connectivity index (χ4v) is 1.86. The van der Waals surface area contributed by atoms with E-state index in [0.717, 1.165) is 0 Å². The third-order valence-corrected chi connectivity index (χ3v) is 2.95. The van der Waals surface area contributed by atoms with E-state index in [-0.39, 0.29) is 5.56 Å². The van der Waals surface area contributed by atoms with Crippen molar-refractivity contribution >= 4 is 27.8 Å². The molecular weight excluding hydrogens is 305 g/mol. The molecule has 0 atom stereocenters. The summed E-state index contributed by atoms with van der Waals surface area (Å²) in [5.41, 5.74) is -0.909. The number of carbonyl (C=O) groups excluding carboxylic acids is 2. The molecule has 0 unspecified atom stereocenters. The Kier molecular flexibility index (Phi) is 4.45. The van der Waals surface area contributed by atoms with Gasteiger partial charge in [-0.05, 0) is 48.0 Å². The standard InChI is InChI=1S/C12H13BrFNO3/c1-12(2,11(17)18-3)15-10(16)8-5-4-7(14)6-9(8)13/h4-6H,1-3H3,(H,15,16). The Morgan fingerprint density at radius 2 is 2.00 bits per heavy atom. The third kappa shape index (κ3) is 3.29. The second-order valence-corrected chi connectivity index (χ2v) is 5.05. The number of rotatable bonds is 3. The lowest BCUT2D eigenvalue weighted by atomic mass is 10.1. The molecule has 0 saturated heterocycles.